The Morgan fingerprint density at radius 1 is 1.36 bits per heavy atom. The Kier molecular flexibility index (Phi) is 9.99. The first-order valence-corrected chi connectivity index (χ1v) is 8.42. The van der Waals surface area contributed by atoms with Gasteiger partial charge in [-0.05, 0) is 25.1 Å². The van der Waals surface area contributed by atoms with Crippen LogP contribution in [0.1, 0.15) is 12.6 Å². The maximum absolute atomic E-state index is 6.07. The number of nitrogens with zero attached hydrogens (tertiary/aromatic N) is 3. The molecule has 0 radical (unpaired) electrons. The monoisotopic (exact) mass is 497 g/mol. The second-order valence-corrected chi connectivity index (χ2v) is 5.76. The molecule has 0 unspecified atom stereocenters. The molecule has 2 aromatic rings. The summed E-state index contributed by atoms with van der Waals surface area (Å²) in [5.74, 6) is 1.45. The van der Waals surface area contributed by atoms with E-state index in [1.807, 2.05) is 36.7 Å². The van der Waals surface area contributed by atoms with Crippen LogP contribution in [0.5, 0.6) is 5.75 Å². The van der Waals surface area contributed by atoms with Gasteiger partial charge in [0.1, 0.15) is 17.5 Å². The summed E-state index contributed by atoms with van der Waals surface area (Å²) in [4.78, 5) is 8.53. The fraction of sp³-hybridized carbons (Fsp3) is 0.375. The first kappa shape index (κ1) is 21.9. The molecule has 138 valence electrons. The van der Waals surface area contributed by atoms with Crippen LogP contribution in [0.25, 0.3) is 0 Å². The van der Waals surface area contributed by atoms with E-state index >= 15 is 0 Å². The van der Waals surface area contributed by atoms with Gasteiger partial charge < -0.3 is 19.9 Å². The van der Waals surface area contributed by atoms with Gasteiger partial charge in [-0.3, -0.25) is 4.98 Å². The SMILES string of the molecule is CCNC(=NCc1cc(Cl)c(Cl)n1C)NCCOc1cccnc1.I. The summed E-state index contributed by atoms with van der Waals surface area (Å²) in [5, 5.41) is 7.46. The topological polar surface area (TPSA) is 63.5 Å². The maximum Gasteiger partial charge on any atom is 0.191 e. The molecule has 0 saturated heterocycles. The van der Waals surface area contributed by atoms with Crippen LogP contribution in [0.4, 0.5) is 0 Å². The van der Waals surface area contributed by atoms with Gasteiger partial charge in [0.2, 0.25) is 0 Å². The van der Waals surface area contributed by atoms with E-state index in [1.54, 1.807) is 12.4 Å². The molecule has 2 rings (SSSR count). The zero-order chi connectivity index (χ0) is 17.4. The molecule has 2 aromatic heterocycles. The van der Waals surface area contributed by atoms with Crippen molar-refractivity contribution in [2.45, 2.75) is 13.5 Å². The van der Waals surface area contributed by atoms with Crippen LogP contribution in [0.15, 0.2) is 35.6 Å². The zero-order valence-corrected chi connectivity index (χ0v) is 18.0. The normalized spacial score (nSPS) is 11.0. The largest absolute Gasteiger partial charge is 0.490 e. The van der Waals surface area contributed by atoms with Crippen LogP contribution in [0.2, 0.25) is 10.2 Å². The fourth-order valence-electron chi connectivity index (χ4n) is 2.01. The molecule has 6 nitrogen and oxygen atoms in total. The van der Waals surface area contributed by atoms with E-state index in [1.165, 1.54) is 0 Å². The lowest BCUT2D eigenvalue weighted by atomic mass is 10.4. The van der Waals surface area contributed by atoms with Gasteiger partial charge in [0.15, 0.2) is 5.96 Å². The van der Waals surface area contributed by atoms with Crippen molar-refractivity contribution in [3.63, 3.8) is 0 Å². The number of hydrogen-bond donors (Lipinski definition) is 2. The van der Waals surface area contributed by atoms with E-state index in [0.717, 1.165) is 18.0 Å². The maximum atomic E-state index is 6.07. The van der Waals surface area contributed by atoms with E-state index in [4.69, 9.17) is 27.9 Å². The Morgan fingerprint density at radius 2 is 2.16 bits per heavy atom. The van der Waals surface area contributed by atoms with Gasteiger partial charge in [-0.15, -0.1) is 24.0 Å². The molecule has 0 amide bonds. The molecule has 0 spiro atoms. The van der Waals surface area contributed by atoms with Crippen LogP contribution in [-0.2, 0) is 13.6 Å². The third-order valence-electron chi connectivity index (χ3n) is 3.26. The van der Waals surface area contributed by atoms with Crippen molar-refractivity contribution in [1.29, 1.82) is 0 Å². The molecule has 0 aliphatic heterocycles. The number of halogens is 3. The first-order valence-electron chi connectivity index (χ1n) is 7.66. The molecule has 0 fully saturated rings. The number of aromatic nitrogens is 2. The minimum absolute atomic E-state index is 0. The molecule has 9 heteroatoms. The van der Waals surface area contributed by atoms with Crippen molar-refractivity contribution in [3.8, 4) is 5.75 Å². The van der Waals surface area contributed by atoms with E-state index in [2.05, 4.69) is 20.6 Å². The van der Waals surface area contributed by atoms with Gasteiger partial charge in [0.25, 0.3) is 0 Å². The van der Waals surface area contributed by atoms with Crippen molar-refractivity contribution in [2.75, 3.05) is 19.7 Å². The fourth-order valence-corrected chi connectivity index (χ4v) is 2.43. The average Bonchev–Trinajstić information content (AvgIpc) is 2.84. The van der Waals surface area contributed by atoms with Crippen molar-refractivity contribution in [1.82, 2.24) is 20.2 Å². The van der Waals surface area contributed by atoms with E-state index in [-0.39, 0.29) is 24.0 Å². The molecular formula is C16H22Cl2IN5O. The highest BCUT2D eigenvalue weighted by Gasteiger charge is 2.08. The first-order chi connectivity index (χ1) is 11.6. The molecule has 2 N–H and O–H groups in total. The van der Waals surface area contributed by atoms with Crippen molar-refractivity contribution in [3.05, 3.63) is 46.5 Å². The number of nitrogens with one attached hydrogen (secondary N) is 2. The summed E-state index contributed by atoms with van der Waals surface area (Å²) in [6, 6.07) is 5.53. The van der Waals surface area contributed by atoms with Gasteiger partial charge >= 0.3 is 0 Å². The summed E-state index contributed by atoms with van der Waals surface area (Å²) in [5.41, 5.74) is 0.939. The predicted molar refractivity (Wildman–Crippen MR) is 113 cm³/mol. The Balaban J connectivity index is 0.00000312. The van der Waals surface area contributed by atoms with Crippen LogP contribution < -0.4 is 15.4 Å². The summed E-state index contributed by atoms with van der Waals surface area (Å²) in [6.07, 6.45) is 3.39. The number of ether oxygens (including phenoxy) is 1. The lowest BCUT2D eigenvalue weighted by Crippen LogP contribution is -2.39. The highest BCUT2D eigenvalue weighted by Crippen LogP contribution is 2.25. The zero-order valence-electron chi connectivity index (χ0n) is 14.1. The molecule has 25 heavy (non-hydrogen) atoms. The summed E-state index contributed by atoms with van der Waals surface area (Å²) < 4.78 is 7.41. The summed E-state index contributed by atoms with van der Waals surface area (Å²) in [6.45, 7) is 4.39. The summed E-state index contributed by atoms with van der Waals surface area (Å²) in [7, 11) is 1.86. The molecule has 0 atom stereocenters. The Morgan fingerprint density at radius 3 is 2.76 bits per heavy atom. The van der Waals surface area contributed by atoms with Crippen molar-refractivity contribution < 1.29 is 4.74 Å². The molecule has 2 heterocycles. The highest BCUT2D eigenvalue weighted by atomic mass is 127. The number of pyridine rings is 1. The number of hydrogen-bond acceptors (Lipinski definition) is 3. The average molecular weight is 498 g/mol. The third kappa shape index (κ3) is 6.91. The summed E-state index contributed by atoms with van der Waals surface area (Å²) >= 11 is 12.1. The Labute approximate surface area is 175 Å². The number of guanidine groups is 1. The Hall–Kier alpha value is -1.19. The van der Waals surface area contributed by atoms with E-state index < -0.39 is 0 Å². The van der Waals surface area contributed by atoms with Crippen molar-refractivity contribution in [2.24, 2.45) is 12.0 Å². The predicted octanol–water partition coefficient (Wildman–Crippen LogP) is 3.48. The van der Waals surface area contributed by atoms with Gasteiger partial charge in [-0.1, -0.05) is 23.2 Å². The second-order valence-electron chi connectivity index (χ2n) is 4.99. The van der Waals surface area contributed by atoms with Crippen LogP contribution in [0, 0.1) is 0 Å². The molecule has 0 bridgehead atoms. The van der Waals surface area contributed by atoms with E-state index in [9.17, 15) is 0 Å². The lowest BCUT2D eigenvalue weighted by Gasteiger charge is -2.12. The second kappa shape index (κ2) is 11.4. The minimum atomic E-state index is 0. The molecular weight excluding hydrogens is 476 g/mol. The molecule has 0 saturated carbocycles. The standard InChI is InChI=1S/C16H21Cl2N5O.HI/c1-3-20-16(21-7-8-24-13-5-4-6-19-11-13)22-10-12-9-14(17)15(18)23(12)2;/h4-6,9,11H,3,7-8,10H2,1-2H3,(H2,20,21,22);1H. The molecule has 0 aliphatic carbocycles. The number of aliphatic imine (C=N–C) groups is 1. The van der Waals surface area contributed by atoms with Crippen LogP contribution >= 0.6 is 47.2 Å². The quantitative estimate of drug-likeness (QED) is 0.266. The van der Waals surface area contributed by atoms with Gasteiger partial charge in [-0.2, -0.15) is 0 Å². The van der Waals surface area contributed by atoms with Gasteiger partial charge in [0.05, 0.1) is 24.3 Å². The molecule has 0 aliphatic rings. The van der Waals surface area contributed by atoms with Crippen LogP contribution in [0.3, 0.4) is 0 Å². The smallest absolute Gasteiger partial charge is 0.191 e. The lowest BCUT2D eigenvalue weighted by molar-refractivity contribution is 0.320. The minimum Gasteiger partial charge on any atom is -0.490 e. The Bertz CT molecular complexity index is 679. The van der Waals surface area contributed by atoms with Crippen LogP contribution in [-0.4, -0.2) is 35.2 Å². The third-order valence-corrected chi connectivity index (χ3v) is 4.10. The van der Waals surface area contributed by atoms with Gasteiger partial charge in [0, 0.05) is 25.5 Å². The van der Waals surface area contributed by atoms with E-state index in [0.29, 0.717) is 35.8 Å². The van der Waals surface area contributed by atoms with Crippen molar-refractivity contribution >= 4 is 53.1 Å². The van der Waals surface area contributed by atoms with Gasteiger partial charge in [-0.25, -0.2) is 4.99 Å². The molecule has 0 aromatic carbocycles. The highest BCUT2D eigenvalue weighted by molar-refractivity contribution is 14.0. The number of rotatable bonds is 7.